The minimum absolute atomic E-state index is 0.568. The summed E-state index contributed by atoms with van der Waals surface area (Å²) in [6.45, 7) is 0. The first kappa shape index (κ1) is 13.2. The van der Waals surface area contributed by atoms with Crippen LogP contribution >= 0.6 is 0 Å². The summed E-state index contributed by atoms with van der Waals surface area (Å²) in [5.74, 6) is -0.881. The molecule has 8 heteroatoms. The van der Waals surface area contributed by atoms with Gasteiger partial charge in [-0.1, -0.05) is 0 Å². The van der Waals surface area contributed by atoms with E-state index in [1.165, 1.54) is 6.07 Å². The molecule has 1 heterocycles. The number of nitrogen functional groups attached to an aromatic ring is 1. The molecular formula is C9H6F5N3. The van der Waals surface area contributed by atoms with Crippen molar-refractivity contribution in [3.63, 3.8) is 0 Å². The molecule has 1 rings (SSSR count). The van der Waals surface area contributed by atoms with Crippen molar-refractivity contribution >= 4 is 5.82 Å². The molecule has 0 radical (unpaired) electrons. The Morgan fingerprint density at radius 1 is 1.41 bits per heavy atom. The van der Waals surface area contributed by atoms with E-state index in [0.29, 0.717) is 6.07 Å². The molecule has 2 N–H and O–H groups in total. The number of aromatic nitrogens is 1. The predicted octanol–water partition coefficient (Wildman–Crippen LogP) is 2.69. The lowest BCUT2D eigenvalue weighted by Gasteiger charge is -2.13. The molecule has 0 saturated carbocycles. The van der Waals surface area contributed by atoms with E-state index in [-0.39, 0.29) is 0 Å². The monoisotopic (exact) mass is 251 g/mol. The van der Waals surface area contributed by atoms with E-state index in [0.717, 1.165) is 0 Å². The van der Waals surface area contributed by atoms with Crippen molar-refractivity contribution in [2.24, 2.45) is 0 Å². The van der Waals surface area contributed by atoms with Crippen LogP contribution in [0.3, 0.4) is 0 Å². The highest BCUT2D eigenvalue weighted by Gasteiger charge is 2.36. The Balaban J connectivity index is 3.42. The molecule has 0 aliphatic carbocycles. The molecule has 17 heavy (non-hydrogen) atoms. The zero-order valence-corrected chi connectivity index (χ0v) is 8.22. The first-order valence-electron chi connectivity index (χ1n) is 4.29. The van der Waals surface area contributed by atoms with Crippen molar-refractivity contribution in [3.8, 4) is 6.07 Å². The van der Waals surface area contributed by atoms with Crippen molar-refractivity contribution in [1.82, 2.24) is 4.98 Å². The second-order valence-electron chi connectivity index (χ2n) is 3.10. The van der Waals surface area contributed by atoms with E-state index in [4.69, 9.17) is 11.0 Å². The van der Waals surface area contributed by atoms with Gasteiger partial charge in [0.25, 0.3) is 6.43 Å². The molecule has 0 amide bonds. The fourth-order valence-electron chi connectivity index (χ4n) is 1.23. The Morgan fingerprint density at radius 2 is 2.00 bits per heavy atom. The molecule has 0 bridgehead atoms. The second kappa shape index (κ2) is 4.53. The van der Waals surface area contributed by atoms with Gasteiger partial charge in [0.2, 0.25) is 0 Å². The van der Waals surface area contributed by atoms with Gasteiger partial charge in [0.05, 0.1) is 18.1 Å². The molecule has 0 atom stereocenters. The molecule has 92 valence electrons. The molecule has 0 aromatic carbocycles. The molecular weight excluding hydrogens is 245 g/mol. The molecule has 0 saturated heterocycles. The number of hydrogen-bond donors (Lipinski definition) is 1. The van der Waals surface area contributed by atoms with Gasteiger partial charge in [-0.05, 0) is 11.6 Å². The van der Waals surface area contributed by atoms with Crippen molar-refractivity contribution in [3.05, 3.63) is 22.9 Å². The Kier molecular flexibility index (Phi) is 3.50. The molecule has 1 aromatic heterocycles. The van der Waals surface area contributed by atoms with Crippen molar-refractivity contribution in [2.45, 2.75) is 19.0 Å². The minimum atomic E-state index is -4.83. The smallest absolute Gasteiger partial charge is 0.383 e. The van der Waals surface area contributed by atoms with Gasteiger partial charge < -0.3 is 5.73 Å². The maximum absolute atomic E-state index is 12.5. The number of alkyl halides is 5. The van der Waals surface area contributed by atoms with Crippen LogP contribution in [0.4, 0.5) is 27.8 Å². The Hall–Kier alpha value is -1.91. The van der Waals surface area contributed by atoms with Crippen LogP contribution in [0.25, 0.3) is 0 Å². The second-order valence-corrected chi connectivity index (χ2v) is 3.10. The molecule has 3 nitrogen and oxygen atoms in total. The Labute approximate surface area is 92.7 Å². The van der Waals surface area contributed by atoms with Gasteiger partial charge in [-0.2, -0.15) is 18.4 Å². The largest absolute Gasteiger partial charge is 0.433 e. The Morgan fingerprint density at radius 3 is 2.41 bits per heavy atom. The number of nitrogens with zero attached hydrogens (tertiary/aromatic N) is 2. The third kappa shape index (κ3) is 2.81. The van der Waals surface area contributed by atoms with Crippen LogP contribution in [0.1, 0.15) is 23.2 Å². The summed E-state index contributed by atoms with van der Waals surface area (Å²) in [6, 6.07) is 2.02. The summed E-state index contributed by atoms with van der Waals surface area (Å²) in [7, 11) is 0. The van der Waals surface area contributed by atoms with Crippen LogP contribution in [-0.4, -0.2) is 4.98 Å². The molecule has 0 spiro atoms. The summed E-state index contributed by atoms with van der Waals surface area (Å²) < 4.78 is 62.2. The quantitative estimate of drug-likeness (QED) is 0.822. The number of nitriles is 1. The molecule has 0 aliphatic heterocycles. The lowest BCUT2D eigenvalue weighted by atomic mass is 10.1. The number of pyridine rings is 1. The highest BCUT2D eigenvalue weighted by Crippen LogP contribution is 2.34. The first-order chi connectivity index (χ1) is 7.77. The topological polar surface area (TPSA) is 62.7 Å². The fraction of sp³-hybridized carbons (Fsp3) is 0.333. The van der Waals surface area contributed by atoms with Gasteiger partial charge in [0.15, 0.2) is 5.69 Å². The maximum atomic E-state index is 12.5. The Bertz CT molecular complexity index is 461. The normalized spacial score (nSPS) is 11.6. The van der Waals surface area contributed by atoms with E-state index in [1.54, 1.807) is 0 Å². The number of anilines is 1. The van der Waals surface area contributed by atoms with Crippen LogP contribution < -0.4 is 5.73 Å². The van der Waals surface area contributed by atoms with Crippen molar-refractivity contribution in [2.75, 3.05) is 5.73 Å². The van der Waals surface area contributed by atoms with E-state index < -0.39 is 41.7 Å². The summed E-state index contributed by atoms with van der Waals surface area (Å²) >= 11 is 0. The average Bonchev–Trinajstić information content (AvgIpc) is 2.18. The zero-order chi connectivity index (χ0) is 13.2. The third-order valence-electron chi connectivity index (χ3n) is 1.94. The number of rotatable bonds is 2. The van der Waals surface area contributed by atoms with E-state index in [9.17, 15) is 22.0 Å². The molecule has 0 fully saturated rings. The summed E-state index contributed by atoms with van der Waals surface area (Å²) in [6.07, 6.45) is -8.54. The first-order valence-corrected chi connectivity index (χ1v) is 4.29. The predicted molar refractivity (Wildman–Crippen MR) is 47.9 cm³/mol. The highest BCUT2D eigenvalue weighted by molar-refractivity contribution is 5.45. The number of hydrogen-bond acceptors (Lipinski definition) is 3. The third-order valence-corrected chi connectivity index (χ3v) is 1.94. The van der Waals surface area contributed by atoms with Gasteiger partial charge in [-0.3, -0.25) is 0 Å². The van der Waals surface area contributed by atoms with Gasteiger partial charge in [-0.15, -0.1) is 0 Å². The van der Waals surface area contributed by atoms with E-state index >= 15 is 0 Å². The van der Waals surface area contributed by atoms with Gasteiger partial charge >= 0.3 is 6.18 Å². The van der Waals surface area contributed by atoms with Crippen LogP contribution in [0.5, 0.6) is 0 Å². The SMILES string of the molecule is N#CCc1cc(C(F)F)c(N)nc1C(F)(F)F. The minimum Gasteiger partial charge on any atom is -0.383 e. The van der Waals surface area contributed by atoms with Crippen LogP contribution in [0.15, 0.2) is 6.07 Å². The number of nitrogens with two attached hydrogens (primary N) is 1. The van der Waals surface area contributed by atoms with Crippen LogP contribution in [0, 0.1) is 11.3 Å². The van der Waals surface area contributed by atoms with Crippen molar-refractivity contribution in [1.29, 1.82) is 5.26 Å². The van der Waals surface area contributed by atoms with E-state index in [1.807, 2.05) is 0 Å². The van der Waals surface area contributed by atoms with Gasteiger partial charge in [0.1, 0.15) is 5.82 Å². The standard InChI is InChI=1S/C9H6F5N3/c10-7(11)5-3-4(1-2-15)6(9(12,13)14)17-8(5)16/h3,7H,1H2,(H2,16,17). The van der Waals surface area contributed by atoms with Crippen molar-refractivity contribution < 1.29 is 22.0 Å². The lowest BCUT2D eigenvalue weighted by molar-refractivity contribution is -0.141. The fourth-order valence-corrected chi connectivity index (χ4v) is 1.23. The van der Waals surface area contributed by atoms with Gasteiger partial charge in [-0.25, -0.2) is 13.8 Å². The maximum Gasteiger partial charge on any atom is 0.433 e. The van der Waals surface area contributed by atoms with Crippen LogP contribution in [-0.2, 0) is 12.6 Å². The average molecular weight is 251 g/mol. The van der Waals surface area contributed by atoms with E-state index in [2.05, 4.69) is 4.98 Å². The molecule has 0 aliphatic rings. The summed E-state index contributed by atoms with van der Waals surface area (Å²) in [4.78, 5) is 2.91. The van der Waals surface area contributed by atoms with Crippen LogP contribution in [0.2, 0.25) is 0 Å². The summed E-state index contributed by atoms with van der Waals surface area (Å²) in [5.41, 5.74) is 2.20. The summed E-state index contributed by atoms with van der Waals surface area (Å²) in [5, 5.41) is 8.34. The van der Waals surface area contributed by atoms with Gasteiger partial charge in [0, 0.05) is 0 Å². The molecule has 0 unspecified atom stereocenters. The lowest BCUT2D eigenvalue weighted by Crippen LogP contribution is -2.15. The highest BCUT2D eigenvalue weighted by atomic mass is 19.4. The molecule has 1 aromatic rings. The zero-order valence-electron chi connectivity index (χ0n) is 8.22. The number of halogens is 5.